The fourth-order valence-corrected chi connectivity index (χ4v) is 2.17. The van der Waals surface area contributed by atoms with Crippen LogP contribution in [0.2, 0.25) is 0 Å². The summed E-state index contributed by atoms with van der Waals surface area (Å²) >= 11 is 0. The molecular weight excluding hydrogens is 268 g/mol. The highest BCUT2D eigenvalue weighted by Crippen LogP contribution is 2.18. The SMILES string of the molecule is Cn1cc([N+](=O)[O-])cc1C(=O)N1CCNCC1C(=O)O. The molecule has 1 atom stereocenters. The molecule has 108 valence electrons. The van der Waals surface area contributed by atoms with Crippen molar-refractivity contribution in [1.82, 2.24) is 14.8 Å². The number of hydrogen-bond donors (Lipinski definition) is 2. The number of nitrogens with zero attached hydrogens (tertiary/aromatic N) is 3. The lowest BCUT2D eigenvalue weighted by Crippen LogP contribution is -2.57. The largest absolute Gasteiger partial charge is 0.480 e. The van der Waals surface area contributed by atoms with Crippen LogP contribution in [0.5, 0.6) is 0 Å². The molecule has 1 fully saturated rings. The van der Waals surface area contributed by atoms with Crippen LogP contribution in [0.25, 0.3) is 0 Å². The number of aryl methyl sites for hydroxylation is 1. The van der Waals surface area contributed by atoms with Crippen molar-refractivity contribution in [3.8, 4) is 0 Å². The van der Waals surface area contributed by atoms with Crippen molar-refractivity contribution < 1.29 is 19.6 Å². The molecule has 1 amide bonds. The predicted molar refractivity (Wildman–Crippen MR) is 67.4 cm³/mol. The van der Waals surface area contributed by atoms with E-state index in [9.17, 15) is 19.7 Å². The first-order valence-electron chi connectivity index (χ1n) is 5.97. The number of amides is 1. The van der Waals surface area contributed by atoms with Crippen LogP contribution in [0.1, 0.15) is 10.5 Å². The van der Waals surface area contributed by atoms with Crippen LogP contribution in [-0.4, -0.2) is 57.0 Å². The highest BCUT2D eigenvalue weighted by molar-refractivity contribution is 5.96. The van der Waals surface area contributed by atoms with Crippen molar-refractivity contribution in [2.24, 2.45) is 7.05 Å². The number of nitrogens with one attached hydrogen (secondary N) is 1. The monoisotopic (exact) mass is 282 g/mol. The van der Waals surface area contributed by atoms with E-state index in [1.165, 1.54) is 22.7 Å². The standard InChI is InChI=1S/C11H14N4O5/c1-13-6-7(15(19)20)4-8(13)10(16)14-3-2-12-5-9(14)11(17)18/h4,6,9,12H,2-3,5H2,1H3,(H,17,18). The summed E-state index contributed by atoms with van der Waals surface area (Å²) in [5, 5.41) is 22.7. The van der Waals surface area contributed by atoms with Crippen LogP contribution in [-0.2, 0) is 11.8 Å². The minimum absolute atomic E-state index is 0.102. The maximum Gasteiger partial charge on any atom is 0.327 e. The molecule has 1 unspecified atom stereocenters. The lowest BCUT2D eigenvalue weighted by Gasteiger charge is -2.33. The summed E-state index contributed by atoms with van der Waals surface area (Å²) in [7, 11) is 1.51. The molecule has 2 heterocycles. The Morgan fingerprint density at radius 1 is 1.55 bits per heavy atom. The first-order valence-corrected chi connectivity index (χ1v) is 5.97. The first kappa shape index (κ1) is 14.0. The average Bonchev–Trinajstić information content (AvgIpc) is 2.80. The molecular formula is C11H14N4O5. The normalized spacial score (nSPS) is 18.9. The number of hydrogen-bond acceptors (Lipinski definition) is 5. The molecule has 1 aromatic heterocycles. The van der Waals surface area contributed by atoms with Gasteiger partial charge in [-0.05, 0) is 0 Å². The van der Waals surface area contributed by atoms with Crippen LogP contribution < -0.4 is 5.32 Å². The van der Waals surface area contributed by atoms with Gasteiger partial charge in [-0.25, -0.2) is 4.79 Å². The summed E-state index contributed by atoms with van der Waals surface area (Å²) in [5.41, 5.74) is -0.0947. The number of carbonyl (C=O) groups is 2. The van der Waals surface area contributed by atoms with E-state index in [1.54, 1.807) is 0 Å². The Labute approximate surface area is 113 Å². The minimum Gasteiger partial charge on any atom is -0.480 e. The average molecular weight is 282 g/mol. The minimum atomic E-state index is -1.10. The van der Waals surface area contributed by atoms with Crippen molar-refractivity contribution in [1.29, 1.82) is 0 Å². The van der Waals surface area contributed by atoms with E-state index < -0.39 is 22.8 Å². The van der Waals surface area contributed by atoms with Crippen LogP contribution in [0.3, 0.4) is 0 Å². The summed E-state index contributed by atoms with van der Waals surface area (Å²) in [6.07, 6.45) is 1.23. The number of nitro groups is 1. The molecule has 9 heteroatoms. The van der Waals surface area contributed by atoms with Crippen molar-refractivity contribution in [3.05, 3.63) is 28.1 Å². The molecule has 9 nitrogen and oxygen atoms in total. The van der Waals surface area contributed by atoms with Gasteiger partial charge in [-0.2, -0.15) is 0 Å². The third-order valence-electron chi connectivity index (χ3n) is 3.21. The lowest BCUT2D eigenvalue weighted by atomic mass is 10.1. The Morgan fingerprint density at radius 2 is 2.25 bits per heavy atom. The Hall–Kier alpha value is -2.42. The van der Waals surface area contributed by atoms with Crippen molar-refractivity contribution >= 4 is 17.6 Å². The molecule has 20 heavy (non-hydrogen) atoms. The van der Waals surface area contributed by atoms with Gasteiger partial charge in [0, 0.05) is 32.7 Å². The van der Waals surface area contributed by atoms with Gasteiger partial charge >= 0.3 is 5.97 Å². The summed E-state index contributed by atoms with van der Waals surface area (Å²) < 4.78 is 1.33. The van der Waals surface area contributed by atoms with Gasteiger partial charge in [0.15, 0.2) is 0 Å². The van der Waals surface area contributed by atoms with E-state index in [0.717, 1.165) is 6.07 Å². The molecule has 0 aliphatic carbocycles. The number of piperazine rings is 1. The Morgan fingerprint density at radius 3 is 2.80 bits per heavy atom. The second-order valence-corrected chi connectivity index (χ2v) is 4.51. The van der Waals surface area contributed by atoms with E-state index >= 15 is 0 Å². The van der Waals surface area contributed by atoms with E-state index in [4.69, 9.17) is 5.11 Å². The molecule has 1 aromatic rings. The molecule has 1 aliphatic rings. The molecule has 0 saturated carbocycles. The zero-order valence-corrected chi connectivity index (χ0v) is 10.8. The summed E-state index contributed by atoms with van der Waals surface area (Å²) in [5.74, 6) is -1.62. The number of aromatic nitrogens is 1. The molecule has 2 rings (SSSR count). The summed E-state index contributed by atoms with van der Waals surface area (Å²) in [6, 6.07) is 0.189. The third kappa shape index (κ3) is 2.48. The van der Waals surface area contributed by atoms with Crippen molar-refractivity contribution in [2.45, 2.75) is 6.04 Å². The highest BCUT2D eigenvalue weighted by atomic mass is 16.6. The summed E-state index contributed by atoms with van der Waals surface area (Å²) in [4.78, 5) is 34.8. The van der Waals surface area contributed by atoms with Gasteiger partial charge in [0.05, 0.1) is 11.1 Å². The number of carboxylic acid groups (broad SMARTS) is 1. The van der Waals surface area contributed by atoms with Crippen LogP contribution in [0, 0.1) is 10.1 Å². The van der Waals surface area contributed by atoms with E-state index in [0.29, 0.717) is 6.54 Å². The number of rotatable bonds is 3. The second-order valence-electron chi connectivity index (χ2n) is 4.51. The predicted octanol–water partition coefficient (Wildman–Crippen LogP) is -0.568. The van der Waals surface area contributed by atoms with Gasteiger partial charge in [0.2, 0.25) is 0 Å². The van der Waals surface area contributed by atoms with Crippen LogP contribution in [0.15, 0.2) is 12.3 Å². The fraction of sp³-hybridized carbons (Fsp3) is 0.455. The molecule has 0 spiro atoms. The Bertz CT molecular complexity index is 567. The Kier molecular flexibility index (Phi) is 3.70. The fourth-order valence-electron chi connectivity index (χ4n) is 2.17. The van der Waals surface area contributed by atoms with Crippen molar-refractivity contribution in [3.63, 3.8) is 0 Å². The maximum atomic E-state index is 12.4. The Balaban J connectivity index is 2.29. The van der Waals surface area contributed by atoms with Gasteiger partial charge in [-0.15, -0.1) is 0 Å². The maximum absolute atomic E-state index is 12.4. The number of carbonyl (C=O) groups excluding carboxylic acids is 1. The van der Waals surface area contributed by atoms with Gasteiger partial charge in [0.25, 0.3) is 11.6 Å². The molecule has 0 bridgehead atoms. The second kappa shape index (κ2) is 5.29. The van der Waals surface area contributed by atoms with E-state index in [-0.39, 0.29) is 24.5 Å². The highest BCUT2D eigenvalue weighted by Gasteiger charge is 2.34. The topological polar surface area (TPSA) is 118 Å². The van der Waals surface area contributed by atoms with Gasteiger partial charge in [-0.3, -0.25) is 14.9 Å². The molecule has 0 aromatic carbocycles. The molecule has 1 aliphatic heterocycles. The first-order chi connectivity index (χ1) is 9.41. The van der Waals surface area contributed by atoms with Gasteiger partial charge in [0.1, 0.15) is 11.7 Å². The van der Waals surface area contributed by atoms with Gasteiger partial charge < -0.3 is 19.9 Å². The van der Waals surface area contributed by atoms with E-state index in [2.05, 4.69) is 5.32 Å². The number of carboxylic acids is 1. The molecule has 0 radical (unpaired) electrons. The zero-order chi connectivity index (χ0) is 14.9. The smallest absolute Gasteiger partial charge is 0.327 e. The van der Waals surface area contributed by atoms with Crippen LogP contribution in [0.4, 0.5) is 5.69 Å². The quantitative estimate of drug-likeness (QED) is 0.566. The van der Waals surface area contributed by atoms with Crippen LogP contribution >= 0.6 is 0 Å². The summed E-state index contributed by atoms with van der Waals surface area (Å²) in [6.45, 7) is 0.893. The van der Waals surface area contributed by atoms with Crippen molar-refractivity contribution in [2.75, 3.05) is 19.6 Å². The molecule has 2 N–H and O–H groups in total. The van der Waals surface area contributed by atoms with E-state index in [1.807, 2.05) is 0 Å². The number of aliphatic carboxylic acids is 1. The van der Waals surface area contributed by atoms with Gasteiger partial charge in [-0.1, -0.05) is 0 Å². The third-order valence-corrected chi connectivity index (χ3v) is 3.21. The lowest BCUT2D eigenvalue weighted by molar-refractivity contribution is -0.384. The molecule has 1 saturated heterocycles. The zero-order valence-electron chi connectivity index (χ0n) is 10.8.